The lowest BCUT2D eigenvalue weighted by Gasteiger charge is -2.02. The van der Waals surface area contributed by atoms with Gasteiger partial charge in [0.15, 0.2) is 0 Å². The molecule has 0 saturated carbocycles. The Hall–Kier alpha value is -2.44. The maximum atomic E-state index is 12.1. The van der Waals surface area contributed by atoms with Gasteiger partial charge in [0, 0.05) is 4.47 Å². The van der Waals surface area contributed by atoms with Crippen LogP contribution in [0, 0.1) is 6.92 Å². The Morgan fingerprint density at radius 2 is 1.88 bits per heavy atom. The fourth-order valence-corrected chi connectivity index (χ4v) is 3.04. The molecular weight excluding hydrogens is 404 g/mol. The summed E-state index contributed by atoms with van der Waals surface area (Å²) in [4.78, 5) is 12.1. The first kappa shape index (κ1) is 17.4. The van der Waals surface area contributed by atoms with Gasteiger partial charge in [-0.3, -0.25) is 4.79 Å². The number of carbonyl (C=O) groups is 1. The highest BCUT2D eigenvalue weighted by atomic mass is 79.9. The summed E-state index contributed by atoms with van der Waals surface area (Å²) in [5.74, 6) is -0.312. The number of aryl methyl sites for hydroxylation is 1. The second kappa shape index (κ2) is 7.63. The molecule has 1 heterocycles. The summed E-state index contributed by atoms with van der Waals surface area (Å²) in [6, 6.07) is 16.7. The predicted octanol–water partition coefficient (Wildman–Crippen LogP) is 4.36. The van der Waals surface area contributed by atoms with Gasteiger partial charge in [-0.15, -0.1) is 0 Å². The summed E-state index contributed by atoms with van der Waals surface area (Å²) in [6.07, 6.45) is 1.50. The van der Waals surface area contributed by atoms with Crippen molar-refractivity contribution in [2.24, 2.45) is 5.10 Å². The SMILES string of the molecule is Cc1nn(-c2ccccc2)c(Cl)c1/C=N\NC(=O)c1ccccc1Br. The molecule has 3 rings (SSSR count). The molecule has 0 unspecified atom stereocenters. The van der Waals surface area contributed by atoms with Crippen LogP contribution < -0.4 is 5.43 Å². The van der Waals surface area contributed by atoms with Gasteiger partial charge < -0.3 is 0 Å². The summed E-state index contributed by atoms with van der Waals surface area (Å²) in [5, 5.41) is 8.86. The van der Waals surface area contributed by atoms with E-state index in [4.69, 9.17) is 11.6 Å². The van der Waals surface area contributed by atoms with Gasteiger partial charge in [0.05, 0.1) is 28.7 Å². The zero-order chi connectivity index (χ0) is 17.8. The molecule has 1 amide bonds. The number of nitrogens with one attached hydrogen (secondary N) is 1. The maximum absolute atomic E-state index is 12.1. The topological polar surface area (TPSA) is 59.3 Å². The fourth-order valence-electron chi connectivity index (χ4n) is 2.26. The molecule has 7 heteroatoms. The van der Waals surface area contributed by atoms with Crippen LogP contribution in [0.4, 0.5) is 0 Å². The number of hydrazone groups is 1. The molecule has 0 spiro atoms. The quantitative estimate of drug-likeness (QED) is 0.506. The molecule has 25 heavy (non-hydrogen) atoms. The zero-order valence-electron chi connectivity index (χ0n) is 13.3. The summed E-state index contributed by atoms with van der Waals surface area (Å²) in [7, 11) is 0. The van der Waals surface area contributed by atoms with Crippen molar-refractivity contribution >= 4 is 39.7 Å². The van der Waals surface area contributed by atoms with E-state index in [-0.39, 0.29) is 5.91 Å². The molecule has 0 saturated heterocycles. The fraction of sp³-hybridized carbons (Fsp3) is 0.0556. The van der Waals surface area contributed by atoms with Gasteiger partial charge in [0.25, 0.3) is 5.91 Å². The first-order chi connectivity index (χ1) is 12.1. The molecule has 2 aromatic carbocycles. The van der Waals surface area contributed by atoms with Gasteiger partial charge in [-0.1, -0.05) is 41.9 Å². The lowest BCUT2D eigenvalue weighted by molar-refractivity contribution is 0.0954. The van der Waals surface area contributed by atoms with Crippen molar-refractivity contribution in [1.82, 2.24) is 15.2 Å². The number of benzene rings is 2. The van der Waals surface area contributed by atoms with Crippen molar-refractivity contribution in [2.45, 2.75) is 6.92 Å². The van der Waals surface area contributed by atoms with Crippen molar-refractivity contribution in [2.75, 3.05) is 0 Å². The Kier molecular flexibility index (Phi) is 5.31. The minimum absolute atomic E-state index is 0.312. The number of carbonyl (C=O) groups excluding carboxylic acids is 1. The average Bonchev–Trinajstić information content (AvgIpc) is 2.91. The molecule has 3 aromatic rings. The van der Waals surface area contributed by atoms with E-state index in [1.54, 1.807) is 22.9 Å². The van der Waals surface area contributed by atoms with Crippen LogP contribution in [0.2, 0.25) is 5.15 Å². The van der Waals surface area contributed by atoms with Crippen LogP contribution in [0.1, 0.15) is 21.6 Å². The molecule has 1 N–H and O–H groups in total. The summed E-state index contributed by atoms with van der Waals surface area (Å²) < 4.78 is 2.34. The number of rotatable bonds is 4. The smallest absolute Gasteiger partial charge is 0.267 e. The molecule has 5 nitrogen and oxygen atoms in total. The van der Waals surface area contributed by atoms with Crippen LogP contribution in [0.3, 0.4) is 0 Å². The molecule has 0 fully saturated rings. The first-order valence-electron chi connectivity index (χ1n) is 7.46. The van der Waals surface area contributed by atoms with Gasteiger partial charge in [0.2, 0.25) is 0 Å². The number of nitrogens with zero attached hydrogens (tertiary/aromatic N) is 3. The van der Waals surface area contributed by atoms with Crippen molar-refractivity contribution in [3.8, 4) is 5.69 Å². The third-order valence-electron chi connectivity index (χ3n) is 3.53. The number of halogens is 2. The highest BCUT2D eigenvalue weighted by Crippen LogP contribution is 2.22. The lowest BCUT2D eigenvalue weighted by Crippen LogP contribution is -2.18. The molecular formula is C18H14BrClN4O. The standard InChI is InChI=1S/C18H14BrClN4O/c1-12-15(17(20)24(23-12)13-7-3-2-4-8-13)11-21-22-18(25)14-9-5-6-10-16(14)19/h2-11H,1H3,(H,22,25)/b21-11-. The normalized spacial score (nSPS) is 11.0. The summed E-state index contributed by atoms with van der Waals surface area (Å²) in [6.45, 7) is 1.84. The van der Waals surface area contributed by atoms with E-state index in [1.807, 2.05) is 43.3 Å². The van der Waals surface area contributed by atoms with E-state index in [1.165, 1.54) is 6.21 Å². The highest BCUT2D eigenvalue weighted by molar-refractivity contribution is 9.10. The van der Waals surface area contributed by atoms with E-state index in [2.05, 4.69) is 31.6 Å². The molecule has 126 valence electrons. The molecule has 0 radical (unpaired) electrons. The van der Waals surface area contributed by atoms with Gasteiger partial charge >= 0.3 is 0 Å². The van der Waals surface area contributed by atoms with E-state index in [9.17, 15) is 4.79 Å². The Labute approximate surface area is 158 Å². The minimum Gasteiger partial charge on any atom is -0.267 e. The maximum Gasteiger partial charge on any atom is 0.272 e. The first-order valence-corrected chi connectivity index (χ1v) is 8.63. The number of para-hydroxylation sites is 1. The van der Waals surface area contributed by atoms with E-state index in [0.29, 0.717) is 26.4 Å². The minimum atomic E-state index is -0.312. The summed E-state index contributed by atoms with van der Waals surface area (Å²) in [5.41, 5.74) is 5.22. The van der Waals surface area contributed by atoms with Crippen molar-refractivity contribution in [3.05, 3.63) is 81.0 Å². The molecule has 0 bridgehead atoms. The van der Waals surface area contributed by atoms with Gasteiger partial charge in [-0.2, -0.15) is 10.2 Å². The Balaban J connectivity index is 1.80. The monoisotopic (exact) mass is 416 g/mol. The van der Waals surface area contributed by atoms with Crippen LogP contribution in [0.15, 0.2) is 64.2 Å². The van der Waals surface area contributed by atoms with Gasteiger partial charge in [-0.05, 0) is 47.1 Å². The van der Waals surface area contributed by atoms with Crippen molar-refractivity contribution in [3.63, 3.8) is 0 Å². The third kappa shape index (κ3) is 3.81. The zero-order valence-corrected chi connectivity index (χ0v) is 15.6. The van der Waals surface area contributed by atoms with E-state index < -0.39 is 0 Å². The number of hydrogen-bond donors (Lipinski definition) is 1. The molecule has 0 aliphatic carbocycles. The van der Waals surface area contributed by atoms with Crippen LogP contribution in [0.5, 0.6) is 0 Å². The largest absolute Gasteiger partial charge is 0.272 e. The van der Waals surface area contributed by atoms with E-state index >= 15 is 0 Å². The highest BCUT2D eigenvalue weighted by Gasteiger charge is 2.13. The number of hydrogen-bond acceptors (Lipinski definition) is 3. The van der Waals surface area contributed by atoms with Crippen molar-refractivity contribution < 1.29 is 4.79 Å². The van der Waals surface area contributed by atoms with Gasteiger partial charge in [-0.25, -0.2) is 10.1 Å². The van der Waals surface area contributed by atoms with Crippen LogP contribution in [0.25, 0.3) is 5.69 Å². The average molecular weight is 418 g/mol. The lowest BCUT2D eigenvalue weighted by atomic mass is 10.2. The summed E-state index contributed by atoms with van der Waals surface area (Å²) >= 11 is 9.75. The van der Waals surface area contributed by atoms with Crippen molar-refractivity contribution in [1.29, 1.82) is 0 Å². The molecule has 1 aromatic heterocycles. The molecule has 0 aliphatic rings. The Bertz CT molecular complexity index is 938. The van der Waals surface area contributed by atoms with Crippen LogP contribution >= 0.6 is 27.5 Å². The Morgan fingerprint density at radius 1 is 1.20 bits per heavy atom. The Morgan fingerprint density at radius 3 is 2.60 bits per heavy atom. The third-order valence-corrected chi connectivity index (χ3v) is 4.58. The van der Waals surface area contributed by atoms with E-state index in [0.717, 1.165) is 5.69 Å². The van der Waals surface area contributed by atoms with Crippen LogP contribution in [-0.2, 0) is 0 Å². The molecule has 0 atom stereocenters. The second-order valence-corrected chi connectivity index (χ2v) is 6.43. The van der Waals surface area contributed by atoms with Crippen LogP contribution in [-0.4, -0.2) is 21.9 Å². The second-order valence-electron chi connectivity index (χ2n) is 5.22. The number of aromatic nitrogens is 2. The van der Waals surface area contributed by atoms with Gasteiger partial charge in [0.1, 0.15) is 5.15 Å². The number of amides is 1. The molecule has 0 aliphatic heterocycles. The predicted molar refractivity (Wildman–Crippen MR) is 103 cm³/mol.